The van der Waals surface area contributed by atoms with Crippen molar-refractivity contribution >= 4 is 58.2 Å². The van der Waals surface area contributed by atoms with E-state index in [-0.39, 0.29) is 23.4 Å². The number of carbonyl (C=O) groups excluding carboxylic acids is 2. The molecule has 0 saturated heterocycles. The number of pyridine rings is 1. The number of nitrogens with zero attached hydrogens (tertiary/aromatic N) is 2. The highest BCUT2D eigenvalue weighted by molar-refractivity contribution is 6.72. The normalized spacial score (nSPS) is 13.4. The number of fused-ring (bicyclic) bond motifs is 2. The Labute approximate surface area is 270 Å². The largest absolute Gasteiger partial charge is 0.376 e. The molecular weight excluding hydrogens is 587 g/mol. The maximum Gasteiger partial charge on any atom is 0.346 e. The number of aromatic nitrogens is 3. The van der Waals surface area contributed by atoms with E-state index in [1.165, 1.54) is 5.56 Å². The molecule has 0 spiro atoms. The fourth-order valence-electron chi connectivity index (χ4n) is 6.25. The number of hydrogen-bond donors (Lipinski definition) is 1. The van der Waals surface area contributed by atoms with Gasteiger partial charge < -0.3 is 9.45 Å². The Morgan fingerprint density at radius 1 is 0.826 bits per heavy atom. The molecule has 0 fully saturated rings. The van der Waals surface area contributed by atoms with Gasteiger partial charge in [0.2, 0.25) is 0 Å². The predicted octanol–water partition coefficient (Wildman–Crippen LogP) is 6.70. The van der Waals surface area contributed by atoms with Crippen molar-refractivity contribution in [2.75, 3.05) is 0 Å². The standard InChI is InChI=1S/C27H27N3O2.C12H10OSi/c1-15-7-6-8-18-19(14-28-26(15)18)24-21(31)12-22(32)25(24)23-16(2)29-30-10-9-17(11-20(23)30)13-27(3,4)5;13-14(11-7-3-1-4-8-11)12-9-5-2-6-10-12/h6-11,14,28H,12-13H2,1-5H3;1-10H. The van der Waals surface area contributed by atoms with Crippen molar-refractivity contribution in [3.05, 3.63) is 131 Å². The van der Waals surface area contributed by atoms with Crippen LogP contribution in [0.3, 0.4) is 0 Å². The van der Waals surface area contributed by atoms with E-state index in [0.29, 0.717) is 11.1 Å². The van der Waals surface area contributed by atoms with Crippen molar-refractivity contribution in [3.8, 4) is 0 Å². The molecule has 6 aromatic rings. The summed E-state index contributed by atoms with van der Waals surface area (Å²) in [6, 6.07) is 29.4. The van der Waals surface area contributed by atoms with Gasteiger partial charge in [0.15, 0.2) is 11.6 Å². The Morgan fingerprint density at radius 3 is 2.09 bits per heavy atom. The first-order valence-corrected chi connectivity index (χ1v) is 16.9. The van der Waals surface area contributed by atoms with Crippen molar-refractivity contribution in [1.29, 1.82) is 0 Å². The molecule has 0 saturated carbocycles. The molecule has 0 unspecified atom stereocenters. The number of ketones is 2. The van der Waals surface area contributed by atoms with Gasteiger partial charge in [-0.3, -0.25) is 9.59 Å². The predicted molar refractivity (Wildman–Crippen MR) is 186 cm³/mol. The van der Waals surface area contributed by atoms with Crippen molar-refractivity contribution in [2.24, 2.45) is 5.41 Å². The zero-order valence-electron chi connectivity index (χ0n) is 26.8. The third-order valence-electron chi connectivity index (χ3n) is 8.25. The molecular formula is C39H37N3O3Si. The first-order valence-electron chi connectivity index (χ1n) is 15.5. The monoisotopic (exact) mass is 623 g/mol. The molecule has 230 valence electrons. The molecule has 7 heteroatoms. The SMILES string of the molecule is Cc1nn2ccc(CC(C)(C)C)cc2c1C1=C(c2c[nH]c3c(C)cccc23)C(=O)CC1=O.O=[Si](c1ccccc1)c1ccccc1. The number of benzene rings is 3. The average Bonchev–Trinajstić information content (AvgIpc) is 3.69. The third kappa shape index (κ3) is 6.11. The maximum atomic E-state index is 13.2. The van der Waals surface area contributed by atoms with Gasteiger partial charge in [0.05, 0.1) is 17.6 Å². The lowest BCUT2D eigenvalue weighted by atomic mass is 9.88. The lowest BCUT2D eigenvalue weighted by Crippen LogP contribution is -2.33. The number of carbonyl (C=O) groups is 2. The molecule has 0 aliphatic heterocycles. The van der Waals surface area contributed by atoms with Gasteiger partial charge in [-0.25, -0.2) is 4.52 Å². The maximum absolute atomic E-state index is 13.2. The van der Waals surface area contributed by atoms with Crippen LogP contribution in [-0.2, 0) is 20.5 Å². The molecule has 1 aliphatic rings. The van der Waals surface area contributed by atoms with Crippen molar-refractivity contribution in [3.63, 3.8) is 0 Å². The Kier molecular flexibility index (Phi) is 8.36. The van der Waals surface area contributed by atoms with E-state index < -0.39 is 8.68 Å². The van der Waals surface area contributed by atoms with E-state index in [4.69, 9.17) is 0 Å². The van der Waals surface area contributed by atoms with Gasteiger partial charge in [-0.2, -0.15) is 5.10 Å². The minimum absolute atomic E-state index is 0.0956. The van der Waals surface area contributed by atoms with Crippen LogP contribution in [0.2, 0.25) is 0 Å². The fraction of sp³-hybridized carbons (Fsp3) is 0.205. The molecule has 3 aromatic heterocycles. The molecule has 1 N–H and O–H groups in total. The number of Topliss-reactive ketones (excluding diaryl/α,β-unsaturated/α-hetero) is 2. The summed E-state index contributed by atoms with van der Waals surface area (Å²) in [7, 11) is -1.79. The van der Waals surface area contributed by atoms with Crippen molar-refractivity contribution in [1.82, 2.24) is 14.6 Å². The molecule has 3 aromatic carbocycles. The summed E-state index contributed by atoms with van der Waals surface area (Å²) in [6.45, 7) is 10.6. The molecule has 1 aliphatic carbocycles. The van der Waals surface area contributed by atoms with Gasteiger partial charge in [0.1, 0.15) is 0 Å². The van der Waals surface area contributed by atoms with Crippen LogP contribution < -0.4 is 10.4 Å². The first kappa shape index (κ1) is 31.0. The Bertz CT molecular complexity index is 2110. The quantitative estimate of drug-likeness (QED) is 0.171. The average molecular weight is 624 g/mol. The number of para-hydroxylation sites is 1. The molecule has 0 atom stereocenters. The number of aryl methyl sites for hydroxylation is 2. The molecule has 46 heavy (non-hydrogen) atoms. The molecule has 0 amide bonds. The summed E-state index contributed by atoms with van der Waals surface area (Å²) < 4.78 is 13.8. The number of H-pyrrole nitrogens is 1. The van der Waals surface area contributed by atoms with Crippen LogP contribution in [0.5, 0.6) is 0 Å². The number of aromatic amines is 1. The van der Waals surface area contributed by atoms with Crippen LogP contribution in [0.15, 0.2) is 103 Å². The lowest BCUT2D eigenvalue weighted by Gasteiger charge is -2.18. The van der Waals surface area contributed by atoms with Crippen LogP contribution in [0.25, 0.3) is 27.6 Å². The second kappa shape index (κ2) is 12.4. The highest BCUT2D eigenvalue weighted by Crippen LogP contribution is 2.41. The minimum atomic E-state index is -1.79. The highest BCUT2D eigenvalue weighted by Gasteiger charge is 2.36. The highest BCUT2D eigenvalue weighted by atomic mass is 28.3. The summed E-state index contributed by atoms with van der Waals surface area (Å²) in [6.07, 6.45) is 4.62. The van der Waals surface area contributed by atoms with Crippen LogP contribution in [-0.4, -0.2) is 34.8 Å². The smallest absolute Gasteiger partial charge is 0.346 e. The van der Waals surface area contributed by atoms with Crippen molar-refractivity contribution in [2.45, 2.75) is 47.5 Å². The Hall–Kier alpha value is -5.01. The summed E-state index contributed by atoms with van der Waals surface area (Å²) in [5.41, 5.74) is 7.61. The van der Waals surface area contributed by atoms with Gasteiger partial charge in [-0.15, -0.1) is 0 Å². The molecule has 7 rings (SSSR count). The van der Waals surface area contributed by atoms with Gasteiger partial charge in [-0.1, -0.05) is 99.6 Å². The van der Waals surface area contributed by atoms with Crippen LogP contribution in [0.1, 0.15) is 55.1 Å². The molecule has 3 heterocycles. The summed E-state index contributed by atoms with van der Waals surface area (Å²) in [5, 5.41) is 7.46. The zero-order valence-corrected chi connectivity index (χ0v) is 27.8. The second-order valence-corrected chi connectivity index (χ2v) is 14.9. The van der Waals surface area contributed by atoms with E-state index in [9.17, 15) is 14.1 Å². The molecule has 6 nitrogen and oxygen atoms in total. The van der Waals surface area contributed by atoms with Crippen LogP contribution in [0.4, 0.5) is 0 Å². The molecule has 0 radical (unpaired) electrons. The van der Waals surface area contributed by atoms with E-state index in [2.05, 4.69) is 43.0 Å². The minimum Gasteiger partial charge on any atom is -0.376 e. The van der Waals surface area contributed by atoms with Crippen LogP contribution >= 0.6 is 0 Å². The zero-order chi connectivity index (χ0) is 32.6. The second-order valence-electron chi connectivity index (χ2n) is 13.1. The number of allylic oxidation sites excluding steroid dienone is 2. The van der Waals surface area contributed by atoms with Gasteiger partial charge in [-0.05, 0) is 48.9 Å². The fourth-order valence-corrected chi connectivity index (χ4v) is 7.57. The third-order valence-corrected chi connectivity index (χ3v) is 9.97. The van der Waals surface area contributed by atoms with Gasteiger partial charge in [0.25, 0.3) is 0 Å². The number of hydrogen-bond acceptors (Lipinski definition) is 4. The van der Waals surface area contributed by atoms with E-state index in [0.717, 1.165) is 55.6 Å². The van der Waals surface area contributed by atoms with E-state index in [1.54, 1.807) is 0 Å². The van der Waals surface area contributed by atoms with E-state index >= 15 is 0 Å². The number of nitrogens with one attached hydrogen (secondary N) is 1. The molecule has 0 bridgehead atoms. The summed E-state index contributed by atoms with van der Waals surface area (Å²) in [5.74, 6) is -0.261. The van der Waals surface area contributed by atoms with Gasteiger partial charge in [0, 0.05) is 55.9 Å². The lowest BCUT2D eigenvalue weighted by molar-refractivity contribution is -0.119. The Morgan fingerprint density at radius 2 is 1.46 bits per heavy atom. The summed E-state index contributed by atoms with van der Waals surface area (Å²) in [4.78, 5) is 29.6. The number of rotatable bonds is 5. The van der Waals surface area contributed by atoms with Gasteiger partial charge >= 0.3 is 8.68 Å². The summed E-state index contributed by atoms with van der Waals surface area (Å²) >= 11 is 0. The topological polar surface area (TPSA) is 84.3 Å². The van der Waals surface area contributed by atoms with E-state index in [1.807, 2.05) is 110 Å². The Balaban J connectivity index is 0.000000221. The first-order chi connectivity index (χ1) is 22.0. The van der Waals surface area contributed by atoms with Crippen molar-refractivity contribution < 1.29 is 14.1 Å². The van der Waals surface area contributed by atoms with Crippen LogP contribution in [0, 0.1) is 19.3 Å².